The molecule has 2 unspecified atom stereocenters. The first-order valence-corrected chi connectivity index (χ1v) is 7.25. The quantitative estimate of drug-likeness (QED) is 0.841. The molecule has 0 saturated heterocycles. The highest BCUT2D eigenvalue weighted by molar-refractivity contribution is 5.25. The Hall–Kier alpha value is -1.64. The van der Waals surface area contributed by atoms with Gasteiger partial charge in [0.05, 0.1) is 6.10 Å². The lowest BCUT2D eigenvalue weighted by atomic mass is 10.0. The molecule has 0 amide bonds. The molecular weight excluding hydrogens is 246 g/mol. The van der Waals surface area contributed by atoms with Crippen LogP contribution in [0, 0.1) is 0 Å². The average Bonchev–Trinajstić information content (AvgIpc) is 2.53. The van der Waals surface area contributed by atoms with E-state index in [1.165, 1.54) is 11.1 Å². The van der Waals surface area contributed by atoms with Crippen LogP contribution in [0.15, 0.2) is 54.6 Å². The van der Waals surface area contributed by atoms with Crippen molar-refractivity contribution in [1.29, 1.82) is 0 Å². The van der Waals surface area contributed by atoms with Crippen molar-refractivity contribution in [3.05, 3.63) is 71.3 Å². The maximum absolute atomic E-state index is 10.4. The summed E-state index contributed by atoms with van der Waals surface area (Å²) in [4.78, 5) is 0. The van der Waals surface area contributed by atoms with Gasteiger partial charge in [-0.25, -0.2) is 0 Å². The standard InChI is InChI=1S/C18H23NO/c1-3-15-9-11-17(12-10-15)18(20)14(2)19-13-16-7-5-4-6-8-16/h4-12,14,18-20H,3,13H2,1-2H3. The SMILES string of the molecule is CCc1ccc(C(O)C(C)NCc2ccccc2)cc1. The van der Waals surface area contributed by atoms with Crippen LogP contribution < -0.4 is 5.32 Å². The van der Waals surface area contributed by atoms with Crippen molar-refractivity contribution >= 4 is 0 Å². The van der Waals surface area contributed by atoms with Crippen molar-refractivity contribution in [1.82, 2.24) is 5.32 Å². The smallest absolute Gasteiger partial charge is 0.0940 e. The molecule has 0 aliphatic heterocycles. The largest absolute Gasteiger partial charge is 0.387 e. The Morgan fingerprint density at radius 2 is 1.60 bits per heavy atom. The minimum absolute atomic E-state index is 0.0164. The summed E-state index contributed by atoms with van der Waals surface area (Å²) in [5.41, 5.74) is 3.49. The zero-order valence-corrected chi connectivity index (χ0v) is 12.2. The fourth-order valence-corrected chi connectivity index (χ4v) is 2.23. The Kier molecular flexibility index (Phi) is 5.33. The molecule has 0 aromatic heterocycles. The summed E-state index contributed by atoms with van der Waals surface area (Å²) in [5.74, 6) is 0. The van der Waals surface area contributed by atoms with E-state index in [-0.39, 0.29) is 6.04 Å². The monoisotopic (exact) mass is 269 g/mol. The van der Waals surface area contributed by atoms with E-state index >= 15 is 0 Å². The molecule has 0 saturated carbocycles. The van der Waals surface area contributed by atoms with Crippen molar-refractivity contribution in [2.24, 2.45) is 0 Å². The van der Waals surface area contributed by atoms with Gasteiger partial charge < -0.3 is 10.4 Å². The number of benzene rings is 2. The van der Waals surface area contributed by atoms with Crippen LogP contribution >= 0.6 is 0 Å². The normalized spacial score (nSPS) is 13.9. The Bertz CT molecular complexity index is 507. The van der Waals surface area contributed by atoms with Gasteiger partial charge in [-0.2, -0.15) is 0 Å². The van der Waals surface area contributed by atoms with Gasteiger partial charge in [-0.05, 0) is 30.0 Å². The van der Waals surface area contributed by atoms with E-state index in [9.17, 15) is 5.11 Å². The van der Waals surface area contributed by atoms with Crippen molar-refractivity contribution < 1.29 is 5.11 Å². The average molecular weight is 269 g/mol. The van der Waals surface area contributed by atoms with Crippen LogP contribution in [0.25, 0.3) is 0 Å². The summed E-state index contributed by atoms with van der Waals surface area (Å²) < 4.78 is 0. The summed E-state index contributed by atoms with van der Waals surface area (Å²) in [6.07, 6.45) is 0.544. The van der Waals surface area contributed by atoms with E-state index in [0.717, 1.165) is 18.5 Å². The molecule has 0 spiro atoms. The molecule has 2 nitrogen and oxygen atoms in total. The van der Waals surface area contributed by atoms with E-state index in [2.05, 4.69) is 36.5 Å². The number of aliphatic hydroxyl groups is 1. The van der Waals surface area contributed by atoms with Crippen molar-refractivity contribution in [3.63, 3.8) is 0 Å². The predicted molar refractivity (Wildman–Crippen MR) is 83.5 cm³/mol. The molecule has 0 fully saturated rings. The fraction of sp³-hybridized carbons (Fsp3) is 0.333. The molecule has 20 heavy (non-hydrogen) atoms. The van der Waals surface area contributed by atoms with Crippen LogP contribution in [-0.4, -0.2) is 11.1 Å². The van der Waals surface area contributed by atoms with E-state index in [1.807, 2.05) is 37.3 Å². The number of aryl methyl sites for hydroxylation is 1. The first-order chi connectivity index (χ1) is 9.70. The first kappa shape index (κ1) is 14.8. The summed E-state index contributed by atoms with van der Waals surface area (Å²) in [5, 5.41) is 13.7. The molecule has 2 aromatic carbocycles. The lowest BCUT2D eigenvalue weighted by Gasteiger charge is -2.21. The van der Waals surface area contributed by atoms with E-state index in [4.69, 9.17) is 0 Å². The molecule has 0 aliphatic rings. The Balaban J connectivity index is 1.92. The highest BCUT2D eigenvalue weighted by Gasteiger charge is 2.15. The summed E-state index contributed by atoms with van der Waals surface area (Å²) in [7, 11) is 0. The molecule has 2 atom stereocenters. The number of aliphatic hydroxyl groups excluding tert-OH is 1. The molecule has 0 bridgehead atoms. The minimum atomic E-state index is -0.482. The van der Waals surface area contributed by atoms with Crippen molar-refractivity contribution in [2.75, 3.05) is 0 Å². The number of nitrogens with one attached hydrogen (secondary N) is 1. The number of hydrogen-bond donors (Lipinski definition) is 2. The number of hydrogen-bond acceptors (Lipinski definition) is 2. The van der Waals surface area contributed by atoms with Crippen molar-refractivity contribution in [2.45, 2.75) is 39.0 Å². The molecule has 2 rings (SSSR count). The molecule has 2 aromatic rings. The highest BCUT2D eigenvalue weighted by Crippen LogP contribution is 2.18. The van der Waals surface area contributed by atoms with Crippen LogP contribution in [0.5, 0.6) is 0 Å². The molecule has 0 aliphatic carbocycles. The third-order valence-corrected chi connectivity index (χ3v) is 3.67. The van der Waals surface area contributed by atoms with Gasteiger partial charge in [0.1, 0.15) is 0 Å². The second-order valence-electron chi connectivity index (χ2n) is 5.20. The number of rotatable bonds is 6. The third kappa shape index (κ3) is 3.92. The van der Waals surface area contributed by atoms with Crippen LogP contribution in [0.4, 0.5) is 0 Å². The van der Waals surface area contributed by atoms with E-state index in [1.54, 1.807) is 0 Å². The van der Waals surface area contributed by atoms with Crippen LogP contribution in [0.3, 0.4) is 0 Å². The predicted octanol–water partition coefficient (Wildman–Crippen LogP) is 3.46. The maximum Gasteiger partial charge on any atom is 0.0940 e. The van der Waals surface area contributed by atoms with Crippen LogP contribution in [-0.2, 0) is 13.0 Å². The van der Waals surface area contributed by atoms with Gasteiger partial charge in [0.25, 0.3) is 0 Å². The highest BCUT2D eigenvalue weighted by atomic mass is 16.3. The summed E-state index contributed by atoms with van der Waals surface area (Å²) >= 11 is 0. The molecular formula is C18H23NO. The fourth-order valence-electron chi connectivity index (χ4n) is 2.23. The second-order valence-corrected chi connectivity index (χ2v) is 5.20. The zero-order chi connectivity index (χ0) is 14.4. The molecule has 2 N–H and O–H groups in total. The summed E-state index contributed by atoms with van der Waals surface area (Å²) in [6.45, 7) is 4.92. The third-order valence-electron chi connectivity index (χ3n) is 3.67. The summed E-state index contributed by atoms with van der Waals surface area (Å²) in [6, 6.07) is 18.5. The van der Waals surface area contributed by atoms with E-state index in [0.29, 0.717) is 0 Å². The van der Waals surface area contributed by atoms with Gasteiger partial charge in [0, 0.05) is 12.6 Å². The molecule has 106 valence electrons. The topological polar surface area (TPSA) is 32.3 Å². The molecule has 0 heterocycles. The maximum atomic E-state index is 10.4. The second kappa shape index (κ2) is 7.22. The Morgan fingerprint density at radius 3 is 2.20 bits per heavy atom. The Labute approximate surface area is 121 Å². The van der Waals surface area contributed by atoms with Gasteiger partial charge in [-0.15, -0.1) is 0 Å². The zero-order valence-electron chi connectivity index (χ0n) is 12.2. The van der Waals surface area contributed by atoms with Gasteiger partial charge in [-0.3, -0.25) is 0 Å². The molecule has 2 heteroatoms. The van der Waals surface area contributed by atoms with Crippen molar-refractivity contribution in [3.8, 4) is 0 Å². The van der Waals surface area contributed by atoms with Gasteiger partial charge in [0.2, 0.25) is 0 Å². The van der Waals surface area contributed by atoms with Gasteiger partial charge in [-0.1, -0.05) is 61.5 Å². The lowest BCUT2D eigenvalue weighted by Crippen LogP contribution is -2.31. The van der Waals surface area contributed by atoms with E-state index < -0.39 is 6.10 Å². The van der Waals surface area contributed by atoms with Gasteiger partial charge in [0.15, 0.2) is 0 Å². The van der Waals surface area contributed by atoms with Crippen LogP contribution in [0.1, 0.15) is 36.6 Å². The Morgan fingerprint density at radius 1 is 0.950 bits per heavy atom. The lowest BCUT2D eigenvalue weighted by molar-refractivity contribution is 0.135. The minimum Gasteiger partial charge on any atom is -0.387 e. The van der Waals surface area contributed by atoms with Gasteiger partial charge >= 0.3 is 0 Å². The molecule has 0 radical (unpaired) electrons. The first-order valence-electron chi connectivity index (χ1n) is 7.25. The van der Waals surface area contributed by atoms with Crippen LogP contribution in [0.2, 0.25) is 0 Å².